The van der Waals surface area contributed by atoms with Crippen LogP contribution < -0.4 is 16.2 Å². The lowest BCUT2D eigenvalue weighted by molar-refractivity contribution is 0.0993. The fourth-order valence-electron chi connectivity index (χ4n) is 1.81. The van der Waals surface area contributed by atoms with Crippen molar-refractivity contribution < 1.29 is 13.6 Å². The molecule has 0 saturated heterocycles. The lowest BCUT2D eigenvalue weighted by Crippen LogP contribution is -2.28. The van der Waals surface area contributed by atoms with Crippen molar-refractivity contribution in [1.29, 1.82) is 0 Å². The third-order valence-corrected chi connectivity index (χ3v) is 2.91. The fraction of sp³-hybridized carbons (Fsp3) is 0.0714. The van der Waals surface area contributed by atoms with Gasteiger partial charge in [-0.1, -0.05) is 6.07 Å². The largest absolute Gasteiger partial charge is 0.321 e. The minimum atomic E-state index is -0.620. The van der Waals surface area contributed by atoms with Crippen LogP contribution >= 0.6 is 0 Å². The number of nitrogen functional groups attached to an aromatic ring is 1. The second-order valence-electron chi connectivity index (χ2n) is 4.15. The summed E-state index contributed by atoms with van der Waals surface area (Å²) in [7, 11) is 1.51. The molecule has 2 aromatic rings. The third-order valence-electron chi connectivity index (χ3n) is 2.91. The van der Waals surface area contributed by atoms with Crippen molar-refractivity contribution in [2.45, 2.75) is 0 Å². The lowest BCUT2D eigenvalue weighted by Gasteiger charge is -2.19. The number of amides is 1. The van der Waals surface area contributed by atoms with E-state index >= 15 is 0 Å². The van der Waals surface area contributed by atoms with Gasteiger partial charge in [-0.25, -0.2) is 8.78 Å². The minimum Gasteiger partial charge on any atom is -0.321 e. The Morgan fingerprint density at radius 1 is 1.15 bits per heavy atom. The minimum absolute atomic E-state index is 0.0774. The van der Waals surface area contributed by atoms with Gasteiger partial charge in [-0.05, 0) is 36.4 Å². The van der Waals surface area contributed by atoms with Crippen LogP contribution in [0.15, 0.2) is 42.5 Å². The Kier molecular flexibility index (Phi) is 3.95. The average Bonchev–Trinajstić information content (AvgIpc) is 2.46. The maximum Gasteiger partial charge on any atom is 0.260 e. The molecule has 0 heterocycles. The van der Waals surface area contributed by atoms with Gasteiger partial charge < -0.3 is 10.3 Å². The van der Waals surface area contributed by atoms with Crippen LogP contribution in [0.2, 0.25) is 0 Å². The highest BCUT2D eigenvalue weighted by molar-refractivity contribution is 6.09. The summed E-state index contributed by atoms with van der Waals surface area (Å²) < 4.78 is 26.4. The molecular formula is C14H13F2N3O. The number of rotatable bonds is 3. The van der Waals surface area contributed by atoms with E-state index in [1.54, 1.807) is 0 Å². The molecule has 0 aromatic heterocycles. The van der Waals surface area contributed by atoms with E-state index in [4.69, 9.17) is 5.84 Å². The molecule has 0 radical (unpaired) electrons. The number of carbonyl (C=O) groups is 1. The molecule has 104 valence electrons. The summed E-state index contributed by atoms with van der Waals surface area (Å²) in [5.41, 5.74) is 2.69. The summed E-state index contributed by atoms with van der Waals surface area (Å²) in [5, 5.41) is 0. The van der Waals surface area contributed by atoms with Gasteiger partial charge in [0, 0.05) is 12.7 Å². The first-order valence-electron chi connectivity index (χ1n) is 5.83. The van der Waals surface area contributed by atoms with Crippen LogP contribution in [0.25, 0.3) is 0 Å². The van der Waals surface area contributed by atoms with Crippen LogP contribution in [0.5, 0.6) is 0 Å². The van der Waals surface area contributed by atoms with Crippen molar-refractivity contribution in [3.63, 3.8) is 0 Å². The Balaban J connectivity index is 2.36. The Morgan fingerprint density at radius 2 is 1.80 bits per heavy atom. The van der Waals surface area contributed by atoms with Crippen molar-refractivity contribution in [1.82, 2.24) is 0 Å². The Bertz CT molecular complexity index is 629. The normalized spacial score (nSPS) is 10.2. The van der Waals surface area contributed by atoms with Gasteiger partial charge in [-0.2, -0.15) is 0 Å². The molecule has 0 spiro atoms. The molecule has 2 rings (SSSR count). The van der Waals surface area contributed by atoms with E-state index in [1.165, 1.54) is 54.4 Å². The summed E-state index contributed by atoms with van der Waals surface area (Å²) in [4.78, 5) is 13.6. The molecule has 0 aliphatic heterocycles. The maximum atomic E-state index is 13.6. The Labute approximate surface area is 114 Å². The number of hydrogen-bond donors (Lipinski definition) is 2. The number of nitrogens with two attached hydrogens (primary N) is 1. The number of nitrogens with one attached hydrogen (secondary N) is 1. The van der Waals surface area contributed by atoms with Gasteiger partial charge in [0.1, 0.15) is 11.6 Å². The molecule has 1 amide bonds. The molecule has 0 unspecified atom stereocenters. The first kappa shape index (κ1) is 14.0. The number of hydrazine groups is 1. The zero-order valence-corrected chi connectivity index (χ0v) is 10.7. The molecular weight excluding hydrogens is 264 g/mol. The summed E-state index contributed by atoms with van der Waals surface area (Å²) in [6.07, 6.45) is 0. The standard InChI is InChI=1S/C14H13F2N3O/c1-19(10-7-5-9(15)6-8-10)14(20)11-3-2-4-12(16)13(11)18-17/h2-8,18H,17H2,1H3. The summed E-state index contributed by atoms with van der Waals surface area (Å²) in [5.74, 6) is 3.77. The molecule has 0 aliphatic carbocycles. The number of hydrogen-bond acceptors (Lipinski definition) is 3. The van der Waals surface area contributed by atoms with Gasteiger partial charge in [0.15, 0.2) is 0 Å². The highest BCUT2D eigenvalue weighted by Crippen LogP contribution is 2.22. The number of carbonyl (C=O) groups excluding carboxylic acids is 1. The van der Waals surface area contributed by atoms with Gasteiger partial charge in [0.05, 0.1) is 11.3 Å². The van der Waals surface area contributed by atoms with E-state index in [0.29, 0.717) is 5.69 Å². The van der Waals surface area contributed by atoms with Gasteiger partial charge in [-0.15, -0.1) is 0 Å². The van der Waals surface area contributed by atoms with E-state index in [-0.39, 0.29) is 11.3 Å². The zero-order chi connectivity index (χ0) is 14.7. The second kappa shape index (κ2) is 5.66. The first-order valence-corrected chi connectivity index (χ1v) is 5.83. The van der Waals surface area contributed by atoms with Gasteiger partial charge in [-0.3, -0.25) is 10.6 Å². The highest BCUT2D eigenvalue weighted by Gasteiger charge is 2.19. The van der Waals surface area contributed by atoms with Gasteiger partial charge in [0.25, 0.3) is 5.91 Å². The first-order chi connectivity index (χ1) is 9.54. The predicted molar refractivity (Wildman–Crippen MR) is 73.3 cm³/mol. The maximum absolute atomic E-state index is 13.6. The molecule has 0 aliphatic rings. The molecule has 3 N–H and O–H groups in total. The smallest absolute Gasteiger partial charge is 0.260 e. The van der Waals surface area contributed by atoms with Crippen molar-refractivity contribution in [2.75, 3.05) is 17.4 Å². The number of halogens is 2. The van der Waals surface area contributed by atoms with Gasteiger partial charge in [0.2, 0.25) is 0 Å². The van der Waals surface area contributed by atoms with Crippen LogP contribution in [-0.2, 0) is 0 Å². The van der Waals surface area contributed by atoms with Crippen molar-refractivity contribution >= 4 is 17.3 Å². The Hall–Kier alpha value is -2.47. The van der Waals surface area contributed by atoms with E-state index < -0.39 is 17.5 Å². The van der Waals surface area contributed by atoms with Crippen LogP contribution in [0.1, 0.15) is 10.4 Å². The molecule has 4 nitrogen and oxygen atoms in total. The van der Waals surface area contributed by atoms with E-state index in [9.17, 15) is 13.6 Å². The number of anilines is 2. The summed E-state index contributed by atoms with van der Waals surface area (Å²) in [6, 6.07) is 9.48. The van der Waals surface area contributed by atoms with Crippen molar-refractivity contribution in [2.24, 2.45) is 5.84 Å². The highest BCUT2D eigenvalue weighted by atomic mass is 19.1. The molecule has 0 fully saturated rings. The summed E-state index contributed by atoms with van der Waals surface area (Å²) >= 11 is 0. The number of benzene rings is 2. The van der Waals surface area contributed by atoms with Crippen LogP contribution in [0.3, 0.4) is 0 Å². The van der Waals surface area contributed by atoms with E-state index in [1.807, 2.05) is 0 Å². The average molecular weight is 277 g/mol. The predicted octanol–water partition coefficient (Wildman–Crippen LogP) is 2.53. The lowest BCUT2D eigenvalue weighted by atomic mass is 10.1. The van der Waals surface area contributed by atoms with Crippen LogP contribution in [0.4, 0.5) is 20.2 Å². The van der Waals surface area contributed by atoms with E-state index in [2.05, 4.69) is 5.43 Å². The number of nitrogens with zero attached hydrogens (tertiary/aromatic N) is 1. The third kappa shape index (κ3) is 2.60. The second-order valence-corrected chi connectivity index (χ2v) is 4.15. The van der Waals surface area contributed by atoms with Crippen molar-refractivity contribution in [3.05, 3.63) is 59.7 Å². The molecule has 0 bridgehead atoms. The molecule has 20 heavy (non-hydrogen) atoms. The molecule has 6 heteroatoms. The zero-order valence-electron chi connectivity index (χ0n) is 10.7. The monoisotopic (exact) mass is 277 g/mol. The fourth-order valence-corrected chi connectivity index (χ4v) is 1.81. The molecule has 2 aromatic carbocycles. The summed E-state index contributed by atoms with van der Waals surface area (Å²) in [6.45, 7) is 0. The van der Waals surface area contributed by atoms with E-state index in [0.717, 1.165) is 0 Å². The Morgan fingerprint density at radius 3 is 2.40 bits per heavy atom. The quantitative estimate of drug-likeness (QED) is 0.669. The van der Waals surface area contributed by atoms with Crippen molar-refractivity contribution in [3.8, 4) is 0 Å². The van der Waals surface area contributed by atoms with Crippen LogP contribution in [0, 0.1) is 11.6 Å². The molecule has 0 saturated carbocycles. The van der Waals surface area contributed by atoms with Gasteiger partial charge >= 0.3 is 0 Å². The van der Waals surface area contributed by atoms with Crippen LogP contribution in [-0.4, -0.2) is 13.0 Å². The molecule has 0 atom stereocenters. The number of para-hydroxylation sites is 1. The topological polar surface area (TPSA) is 58.4 Å². The SMILES string of the molecule is CN(C(=O)c1cccc(F)c1NN)c1ccc(F)cc1.